The van der Waals surface area contributed by atoms with Crippen molar-refractivity contribution < 1.29 is 4.74 Å². The normalized spacial score (nSPS) is 10.5. The molecule has 0 amide bonds. The number of nitrogens with two attached hydrogens (primary N) is 1. The smallest absolute Gasteiger partial charge is 0.103 e. The molecule has 0 fully saturated rings. The monoisotopic (exact) mass is 349 g/mol. The molecule has 0 radical (unpaired) electrons. The van der Waals surface area contributed by atoms with E-state index in [0.29, 0.717) is 18.2 Å². The van der Waals surface area contributed by atoms with Crippen LogP contribution in [0.1, 0.15) is 22.3 Å². The summed E-state index contributed by atoms with van der Waals surface area (Å²) in [6.45, 7) is 3.21. The number of ether oxygens (including phenoxy) is 1. The summed E-state index contributed by atoms with van der Waals surface area (Å²) in [6, 6.07) is 14.1. The van der Waals surface area contributed by atoms with Crippen molar-refractivity contribution in [2.24, 2.45) is 5.73 Å². The fraction of sp³-hybridized carbons (Fsp3) is 0.188. The predicted octanol–water partition coefficient (Wildman–Crippen LogP) is 4.11. The molecule has 2 nitrogen and oxygen atoms in total. The van der Waals surface area contributed by atoms with Gasteiger partial charge < -0.3 is 10.5 Å². The molecule has 0 spiro atoms. The molecule has 0 unspecified atom stereocenters. The fourth-order valence-electron chi connectivity index (χ4n) is 1.92. The van der Waals surface area contributed by atoms with Gasteiger partial charge in [0.15, 0.2) is 0 Å². The van der Waals surface area contributed by atoms with Crippen LogP contribution in [0.3, 0.4) is 0 Å². The first-order chi connectivity index (χ1) is 9.56. The van der Waals surface area contributed by atoms with Gasteiger partial charge in [0.1, 0.15) is 4.99 Å². The molecule has 2 aromatic rings. The van der Waals surface area contributed by atoms with Crippen molar-refractivity contribution >= 4 is 33.1 Å². The zero-order valence-corrected chi connectivity index (χ0v) is 13.6. The van der Waals surface area contributed by atoms with Crippen molar-refractivity contribution in [3.63, 3.8) is 0 Å². The Morgan fingerprint density at radius 2 is 2.00 bits per heavy atom. The molecule has 0 heterocycles. The molecule has 2 rings (SSSR count). The van der Waals surface area contributed by atoms with Crippen LogP contribution in [0.25, 0.3) is 0 Å². The predicted molar refractivity (Wildman–Crippen MR) is 89.7 cm³/mol. The van der Waals surface area contributed by atoms with Crippen LogP contribution in [0.4, 0.5) is 0 Å². The lowest BCUT2D eigenvalue weighted by atomic mass is 10.1. The van der Waals surface area contributed by atoms with E-state index in [1.807, 2.05) is 43.3 Å². The average Bonchev–Trinajstić information content (AvgIpc) is 2.40. The zero-order valence-electron chi connectivity index (χ0n) is 11.2. The SMILES string of the molecule is Cc1cc(C(N)=S)ccc1COCc1cccc(Br)c1. The third-order valence-electron chi connectivity index (χ3n) is 3.04. The molecule has 0 saturated heterocycles. The lowest BCUT2D eigenvalue weighted by Crippen LogP contribution is -2.10. The number of hydrogen-bond donors (Lipinski definition) is 1. The molecule has 0 aromatic heterocycles. The second-order valence-electron chi connectivity index (χ2n) is 4.63. The molecular weight excluding hydrogens is 334 g/mol. The third-order valence-corrected chi connectivity index (χ3v) is 3.77. The number of hydrogen-bond acceptors (Lipinski definition) is 2. The van der Waals surface area contributed by atoms with Crippen LogP contribution in [-0.4, -0.2) is 4.99 Å². The van der Waals surface area contributed by atoms with Crippen LogP contribution in [0.15, 0.2) is 46.9 Å². The van der Waals surface area contributed by atoms with E-state index in [4.69, 9.17) is 22.7 Å². The molecule has 0 aliphatic heterocycles. The number of thiocarbonyl (C=S) groups is 1. The van der Waals surface area contributed by atoms with E-state index in [-0.39, 0.29) is 0 Å². The highest BCUT2D eigenvalue weighted by molar-refractivity contribution is 9.10. The van der Waals surface area contributed by atoms with Crippen LogP contribution < -0.4 is 5.73 Å². The topological polar surface area (TPSA) is 35.2 Å². The van der Waals surface area contributed by atoms with Gasteiger partial charge >= 0.3 is 0 Å². The Hall–Kier alpha value is -1.23. The van der Waals surface area contributed by atoms with Crippen molar-refractivity contribution in [1.29, 1.82) is 0 Å². The van der Waals surface area contributed by atoms with Crippen LogP contribution >= 0.6 is 28.1 Å². The molecule has 20 heavy (non-hydrogen) atoms. The molecule has 0 atom stereocenters. The van der Waals surface area contributed by atoms with E-state index in [0.717, 1.165) is 26.7 Å². The Labute approximate surface area is 133 Å². The second-order valence-corrected chi connectivity index (χ2v) is 5.98. The Bertz CT molecular complexity index is 628. The van der Waals surface area contributed by atoms with Gasteiger partial charge in [0, 0.05) is 10.0 Å². The highest BCUT2D eigenvalue weighted by atomic mass is 79.9. The van der Waals surface area contributed by atoms with Crippen LogP contribution in [0, 0.1) is 6.92 Å². The quantitative estimate of drug-likeness (QED) is 0.825. The molecule has 4 heteroatoms. The first-order valence-electron chi connectivity index (χ1n) is 6.28. The van der Waals surface area contributed by atoms with Crippen LogP contribution in [0.5, 0.6) is 0 Å². The van der Waals surface area contributed by atoms with Crippen molar-refractivity contribution in [3.8, 4) is 0 Å². The first kappa shape index (κ1) is 15.2. The maximum absolute atomic E-state index is 5.76. The first-order valence-corrected chi connectivity index (χ1v) is 7.48. The maximum atomic E-state index is 5.76. The van der Waals surface area contributed by atoms with Gasteiger partial charge in [-0.1, -0.05) is 52.4 Å². The number of aryl methyl sites for hydroxylation is 1. The summed E-state index contributed by atoms with van der Waals surface area (Å²) in [7, 11) is 0. The summed E-state index contributed by atoms with van der Waals surface area (Å²) in [5, 5.41) is 0. The minimum absolute atomic E-state index is 0.426. The largest absolute Gasteiger partial charge is 0.389 e. The number of rotatable bonds is 5. The Balaban J connectivity index is 1.96. The third kappa shape index (κ3) is 4.13. The Morgan fingerprint density at radius 3 is 2.65 bits per heavy atom. The zero-order chi connectivity index (χ0) is 14.5. The molecule has 104 valence electrons. The minimum Gasteiger partial charge on any atom is -0.389 e. The van der Waals surface area contributed by atoms with E-state index in [1.165, 1.54) is 0 Å². The van der Waals surface area contributed by atoms with E-state index >= 15 is 0 Å². The van der Waals surface area contributed by atoms with Gasteiger partial charge in [-0.15, -0.1) is 0 Å². The van der Waals surface area contributed by atoms with Gasteiger partial charge in [0.05, 0.1) is 13.2 Å². The van der Waals surface area contributed by atoms with Crippen molar-refractivity contribution in [2.75, 3.05) is 0 Å². The molecule has 0 saturated carbocycles. The fourth-order valence-corrected chi connectivity index (χ4v) is 2.49. The summed E-state index contributed by atoms with van der Waals surface area (Å²) >= 11 is 8.42. The highest BCUT2D eigenvalue weighted by Crippen LogP contribution is 2.15. The lowest BCUT2D eigenvalue weighted by molar-refractivity contribution is 0.107. The average molecular weight is 350 g/mol. The molecule has 0 aliphatic rings. The lowest BCUT2D eigenvalue weighted by Gasteiger charge is -2.09. The highest BCUT2D eigenvalue weighted by Gasteiger charge is 2.03. The summed E-state index contributed by atoms with van der Waals surface area (Å²) in [4.78, 5) is 0.426. The standard InChI is InChI=1S/C16H16BrNOS/c1-11-7-13(16(18)20)5-6-14(11)10-19-9-12-3-2-4-15(17)8-12/h2-8H,9-10H2,1H3,(H2,18,20). The van der Waals surface area contributed by atoms with Gasteiger partial charge in [-0.25, -0.2) is 0 Å². The van der Waals surface area contributed by atoms with Gasteiger partial charge in [0.25, 0.3) is 0 Å². The van der Waals surface area contributed by atoms with E-state index in [9.17, 15) is 0 Å². The minimum atomic E-state index is 0.426. The van der Waals surface area contributed by atoms with Crippen molar-refractivity contribution in [1.82, 2.24) is 0 Å². The maximum Gasteiger partial charge on any atom is 0.103 e. The van der Waals surface area contributed by atoms with Gasteiger partial charge in [-0.2, -0.15) is 0 Å². The molecule has 2 N–H and O–H groups in total. The van der Waals surface area contributed by atoms with E-state index in [2.05, 4.69) is 22.0 Å². The van der Waals surface area contributed by atoms with Gasteiger partial charge in [-0.05, 0) is 41.8 Å². The van der Waals surface area contributed by atoms with Gasteiger partial charge in [-0.3, -0.25) is 0 Å². The number of benzene rings is 2. The summed E-state index contributed by atoms with van der Waals surface area (Å²) in [6.07, 6.45) is 0. The molecule has 2 aromatic carbocycles. The van der Waals surface area contributed by atoms with Gasteiger partial charge in [0.2, 0.25) is 0 Å². The summed E-state index contributed by atoms with van der Waals surface area (Å²) < 4.78 is 6.82. The molecule has 0 aliphatic carbocycles. The second kappa shape index (κ2) is 6.97. The summed E-state index contributed by atoms with van der Waals surface area (Å²) in [5.41, 5.74) is 9.96. The van der Waals surface area contributed by atoms with E-state index < -0.39 is 0 Å². The van der Waals surface area contributed by atoms with E-state index in [1.54, 1.807) is 0 Å². The van der Waals surface area contributed by atoms with Crippen LogP contribution in [0.2, 0.25) is 0 Å². The van der Waals surface area contributed by atoms with Crippen molar-refractivity contribution in [2.45, 2.75) is 20.1 Å². The van der Waals surface area contributed by atoms with Crippen molar-refractivity contribution in [3.05, 3.63) is 69.2 Å². The summed E-state index contributed by atoms with van der Waals surface area (Å²) in [5.74, 6) is 0. The Kier molecular flexibility index (Phi) is 5.29. The Morgan fingerprint density at radius 1 is 1.20 bits per heavy atom. The molecule has 0 bridgehead atoms. The van der Waals surface area contributed by atoms with Crippen LogP contribution in [-0.2, 0) is 18.0 Å². The number of halogens is 1. The molecular formula is C16H16BrNOS.